The molecule has 17 heavy (non-hydrogen) atoms. The van der Waals surface area contributed by atoms with Gasteiger partial charge in [-0.2, -0.15) is 0 Å². The zero-order chi connectivity index (χ0) is 12.7. The van der Waals surface area contributed by atoms with Crippen LogP contribution in [0.15, 0.2) is 30.3 Å². The molecule has 0 bridgehead atoms. The van der Waals surface area contributed by atoms with Gasteiger partial charge in [0, 0.05) is 13.6 Å². The Kier molecular flexibility index (Phi) is 5.70. The van der Waals surface area contributed by atoms with Crippen molar-refractivity contribution in [2.75, 3.05) is 13.6 Å². The van der Waals surface area contributed by atoms with Crippen molar-refractivity contribution in [3.05, 3.63) is 35.9 Å². The molecular weight excluding hydrogens is 212 g/mol. The smallest absolute Gasteiger partial charge is 0.239 e. The van der Waals surface area contributed by atoms with Gasteiger partial charge in [0.15, 0.2) is 0 Å². The van der Waals surface area contributed by atoms with Crippen molar-refractivity contribution in [3.63, 3.8) is 0 Å². The minimum absolute atomic E-state index is 0.0442. The number of likely N-dealkylation sites (N-methyl/N-ethyl adjacent to an activating group) is 1. The van der Waals surface area contributed by atoms with E-state index in [1.807, 2.05) is 32.2 Å². The highest BCUT2D eigenvalue weighted by molar-refractivity contribution is 5.81. The molecule has 2 N–H and O–H groups in total. The van der Waals surface area contributed by atoms with E-state index in [0.717, 1.165) is 25.8 Å². The molecule has 3 heteroatoms. The number of hydrogen-bond acceptors (Lipinski definition) is 2. The van der Waals surface area contributed by atoms with Crippen LogP contribution in [0.3, 0.4) is 0 Å². The molecule has 1 aromatic rings. The number of rotatable bonds is 6. The van der Waals surface area contributed by atoms with Crippen LogP contribution in [0.4, 0.5) is 0 Å². The van der Waals surface area contributed by atoms with Crippen LogP contribution >= 0.6 is 0 Å². The highest BCUT2D eigenvalue weighted by Gasteiger charge is 2.16. The van der Waals surface area contributed by atoms with Crippen molar-refractivity contribution in [2.24, 2.45) is 5.73 Å². The highest BCUT2D eigenvalue weighted by Crippen LogP contribution is 2.03. The van der Waals surface area contributed by atoms with Gasteiger partial charge < -0.3 is 10.6 Å². The number of nitrogens with two attached hydrogens (primary N) is 1. The Morgan fingerprint density at radius 1 is 1.35 bits per heavy atom. The molecule has 0 saturated carbocycles. The Bertz CT molecular complexity index is 337. The predicted octanol–water partition coefficient (Wildman–Crippen LogP) is 1.81. The molecule has 0 unspecified atom stereocenters. The number of carbonyl (C=O) groups is 1. The monoisotopic (exact) mass is 234 g/mol. The van der Waals surface area contributed by atoms with Crippen molar-refractivity contribution in [2.45, 2.75) is 32.2 Å². The van der Waals surface area contributed by atoms with Gasteiger partial charge in [0.2, 0.25) is 5.91 Å². The maximum absolute atomic E-state index is 11.9. The fourth-order valence-corrected chi connectivity index (χ4v) is 1.77. The third kappa shape index (κ3) is 4.57. The van der Waals surface area contributed by atoms with Gasteiger partial charge in [-0.3, -0.25) is 4.79 Å². The summed E-state index contributed by atoms with van der Waals surface area (Å²) in [5.74, 6) is 0.0442. The molecule has 0 saturated heterocycles. The highest BCUT2D eigenvalue weighted by atomic mass is 16.2. The molecule has 0 radical (unpaired) electrons. The molecule has 3 nitrogen and oxygen atoms in total. The second-order valence-electron chi connectivity index (χ2n) is 4.39. The van der Waals surface area contributed by atoms with E-state index in [-0.39, 0.29) is 11.9 Å². The summed E-state index contributed by atoms with van der Waals surface area (Å²) in [6.45, 7) is 2.76. The molecule has 1 atom stereocenters. The summed E-state index contributed by atoms with van der Waals surface area (Å²) in [5, 5.41) is 0. The summed E-state index contributed by atoms with van der Waals surface area (Å²) in [5.41, 5.74) is 7.05. The van der Waals surface area contributed by atoms with Crippen LogP contribution in [0.2, 0.25) is 0 Å². The molecule has 0 aliphatic heterocycles. The lowest BCUT2D eigenvalue weighted by Crippen LogP contribution is -2.42. The van der Waals surface area contributed by atoms with Gasteiger partial charge in [0.1, 0.15) is 0 Å². The first-order valence-electron chi connectivity index (χ1n) is 6.19. The van der Waals surface area contributed by atoms with Gasteiger partial charge in [-0.1, -0.05) is 43.7 Å². The summed E-state index contributed by atoms with van der Waals surface area (Å²) in [7, 11) is 1.82. The fraction of sp³-hybridized carbons (Fsp3) is 0.500. The van der Waals surface area contributed by atoms with E-state index < -0.39 is 0 Å². The van der Waals surface area contributed by atoms with Gasteiger partial charge >= 0.3 is 0 Å². The van der Waals surface area contributed by atoms with Crippen LogP contribution in [0.5, 0.6) is 0 Å². The second kappa shape index (κ2) is 7.07. The van der Waals surface area contributed by atoms with Crippen molar-refractivity contribution in [1.82, 2.24) is 4.90 Å². The minimum atomic E-state index is -0.347. The topological polar surface area (TPSA) is 46.3 Å². The van der Waals surface area contributed by atoms with E-state index in [4.69, 9.17) is 5.73 Å². The largest absolute Gasteiger partial charge is 0.344 e. The number of amides is 1. The van der Waals surface area contributed by atoms with E-state index in [0.29, 0.717) is 0 Å². The lowest BCUT2D eigenvalue weighted by molar-refractivity contribution is -0.131. The Morgan fingerprint density at radius 3 is 2.59 bits per heavy atom. The molecule has 94 valence electrons. The molecule has 0 aliphatic carbocycles. The summed E-state index contributed by atoms with van der Waals surface area (Å²) in [6, 6.07) is 9.82. The number of nitrogens with zero attached hydrogens (tertiary/aromatic N) is 1. The van der Waals surface area contributed by atoms with Gasteiger partial charge in [0.25, 0.3) is 0 Å². The first-order valence-corrected chi connectivity index (χ1v) is 6.19. The molecule has 1 rings (SSSR count). The average molecular weight is 234 g/mol. The Balaban J connectivity index is 2.39. The Morgan fingerprint density at radius 2 is 2.00 bits per heavy atom. The van der Waals surface area contributed by atoms with Crippen LogP contribution in [0.25, 0.3) is 0 Å². The van der Waals surface area contributed by atoms with Gasteiger partial charge in [0.05, 0.1) is 6.04 Å². The normalized spacial score (nSPS) is 12.2. The molecule has 1 amide bonds. The number of benzene rings is 1. The third-order valence-corrected chi connectivity index (χ3v) is 2.87. The lowest BCUT2D eigenvalue weighted by atomic mass is 10.1. The van der Waals surface area contributed by atoms with E-state index >= 15 is 0 Å². The maximum Gasteiger partial charge on any atom is 0.239 e. The molecular formula is C14H22N2O. The molecule has 0 heterocycles. The molecule has 0 fully saturated rings. The van der Waals surface area contributed by atoms with Gasteiger partial charge in [-0.15, -0.1) is 0 Å². The van der Waals surface area contributed by atoms with E-state index in [2.05, 4.69) is 12.1 Å². The molecule has 1 aromatic carbocycles. The Hall–Kier alpha value is -1.35. The fourth-order valence-electron chi connectivity index (χ4n) is 1.77. The minimum Gasteiger partial charge on any atom is -0.344 e. The van der Waals surface area contributed by atoms with Crippen molar-refractivity contribution in [3.8, 4) is 0 Å². The first kappa shape index (κ1) is 13.7. The number of hydrogen-bond donors (Lipinski definition) is 1. The van der Waals surface area contributed by atoms with Crippen LogP contribution in [0.1, 0.15) is 25.3 Å². The van der Waals surface area contributed by atoms with E-state index in [1.54, 1.807) is 4.90 Å². The SMILES string of the molecule is CCC[C@@H](N)C(=O)N(C)CCc1ccccc1. The number of carbonyl (C=O) groups excluding carboxylic acids is 1. The first-order chi connectivity index (χ1) is 8.15. The average Bonchev–Trinajstić information content (AvgIpc) is 2.36. The predicted molar refractivity (Wildman–Crippen MR) is 70.7 cm³/mol. The Labute approximate surface area is 104 Å². The summed E-state index contributed by atoms with van der Waals surface area (Å²) >= 11 is 0. The van der Waals surface area contributed by atoms with Crippen LogP contribution in [-0.2, 0) is 11.2 Å². The lowest BCUT2D eigenvalue weighted by Gasteiger charge is -2.21. The third-order valence-electron chi connectivity index (χ3n) is 2.87. The molecule has 0 aromatic heterocycles. The zero-order valence-corrected chi connectivity index (χ0v) is 10.7. The summed E-state index contributed by atoms with van der Waals surface area (Å²) in [4.78, 5) is 13.6. The molecule has 0 aliphatic rings. The van der Waals surface area contributed by atoms with Crippen molar-refractivity contribution < 1.29 is 4.79 Å². The van der Waals surface area contributed by atoms with Gasteiger partial charge in [-0.25, -0.2) is 0 Å². The van der Waals surface area contributed by atoms with Crippen LogP contribution < -0.4 is 5.73 Å². The van der Waals surface area contributed by atoms with Crippen molar-refractivity contribution >= 4 is 5.91 Å². The summed E-state index contributed by atoms with van der Waals surface area (Å²) in [6.07, 6.45) is 2.58. The maximum atomic E-state index is 11.9. The van der Waals surface area contributed by atoms with E-state index in [1.165, 1.54) is 5.56 Å². The quantitative estimate of drug-likeness (QED) is 0.816. The van der Waals surface area contributed by atoms with Crippen molar-refractivity contribution in [1.29, 1.82) is 0 Å². The zero-order valence-electron chi connectivity index (χ0n) is 10.7. The van der Waals surface area contributed by atoms with E-state index in [9.17, 15) is 4.79 Å². The second-order valence-corrected chi connectivity index (χ2v) is 4.39. The van der Waals surface area contributed by atoms with Crippen LogP contribution in [-0.4, -0.2) is 30.4 Å². The molecule has 0 spiro atoms. The standard InChI is InChI=1S/C14H22N2O/c1-3-7-13(15)14(17)16(2)11-10-12-8-5-4-6-9-12/h4-6,8-9,13H,3,7,10-11,15H2,1-2H3/t13-/m1/s1. The van der Waals surface area contributed by atoms with Crippen LogP contribution in [0, 0.1) is 0 Å². The van der Waals surface area contributed by atoms with Gasteiger partial charge in [-0.05, 0) is 18.4 Å². The summed E-state index contributed by atoms with van der Waals surface area (Å²) < 4.78 is 0.